The Hall–Kier alpha value is -1.16. The van der Waals surface area contributed by atoms with Gasteiger partial charge in [-0.05, 0) is 18.8 Å². The maximum Gasteiger partial charge on any atom is 0.232 e. The standard InChI is InChI=1S/C12H18N2O2/c15-8-11-6-13-7-12(14-11)16-9-10-4-2-1-3-5-10/h6-7,10,15H,1-5,8-9H2. The van der Waals surface area contributed by atoms with E-state index in [1.165, 1.54) is 32.1 Å². The molecule has 88 valence electrons. The van der Waals surface area contributed by atoms with Gasteiger partial charge in [0.05, 0.1) is 31.3 Å². The molecule has 1 aromatic rings. The van der Waals surface area contributed by atoms with Crippen LogP contribution in [-0.2, 0) is 6.61 Å². The molecule has 4 heteroatoms. The van der Waals surface area contributed by atoms with E-state index < -0.39 is 0 Å². The van der Waals surface area contributed by atoms with Crippen LogP contribution < -0.4 is 4.74 Å². The van der Waals surface area contributed by atoms with E-state index in [1.54, 1.807) is 12.4 Å². The first kappa shape index (κ1) is 11.3. The topological polar surface area (TPSA) is 55.2 Å². The Balaban J connectivity index is 1.83. The summed E-state index contributed by atoms with van der Waals surface area (Å²) in [6.07, 6.45) is 9.65. The fourth-order valence-electron chi connectivity index (χ4n) is 2.09. The Morgan fingerprint density at radius 1 is 1.25 bits per heavy atom. The molecule has 4 nitrogen and oxygen atoms in total. The molecule has 2 rings (SSSR count). The van der Waals surface area contributed by atoms with Gasteiger partial charge < -0.3 is 9.84 Å². The molecule has 1 aromatic heterocycles. The van der Waals surface area contributed by atoms with E-state index in [-0.39, 0.29) is 6.61 Å². The second-order valence-corrected chi connectivity index (χ2v) is 4.32. The lowest BCUT2D eigenvalue weighted by molar-refractivity contribution is 0.200. The van der Waals surface area contributed by atoms with Crippen LogP contribution in [0.3, 0.4) is 0 Å². The summed E-state index contributed by atoms with van der Waals surface area (Å²) < 4.78 is 5.60. The molecule has 0 saturated heterocycles. The summed E-state index contributed by atoms with van der Waals surface area (Å²) in [5.74, 6) is 1.19. The molecule has 1 N–H and O–H groups in total. The van der Waals surface area contributed by atoms with Crippen molar-refractivity contribution in [2.45, 2.75) is 38.7 Å². The highest BCUT2D eigenvalue weighted by Gasteiger charge is 2.14. The Morgan fingerprint density at radius 2 is 2.06 bits per heavy atom. The van der Waals surface area contributed by atoms with E-state index >= 15 is 0 Å². The third kappa shape index (κ3) is 3.17. The number of hydrogen-bond donors (Lipinski definition) is 1. The molecule has 1 aliphatic carbocycles. The van der Waals surface area contributed by atoms with Crippen LogP contribution in [0, 0.1) is 5.92 Å². The van der Waals surface area contributed by atoms with E-state index in [0.717, 1.165) is 6.61 Å². The predicted octanol–water partition coefficient (Wildman–Crippen LogP) is 1.93. The zero-order valence-corrected chi connectivity index (χ0v) is 9.43. The van der Waals surface area contributed by atoms with Crippen LogP contribution in [0.4, 0.5) is 0 Å². The molecule has 0 atom stereocenters. The summed E-state index contributed by atoms with van der Waals surface area (Å²) in [6, 6.07) is 0. The molecule has 0 aliphatic heterocycles. The van der Waals surface area contributed by atoms with Gasteiger partial charge in [0.1, 0.15) is 0 Å². The highest BCUT2D eigenvalue weighted by Crippen LogP contribution is 2.24. The minimum atomic E-state index is -0.0897. The fraction of sp³-hybridized carbons (Fsp3) is 0.667. The van der Waals surface area contributed by atoms with E-state index in [2.05, 4.69) is 9.97 Å². The first-order valence-corrected chi connectivity index (χ1v) is 5.93. The average molecular weight is 222 g/mol. The van der Waals surface area contributed by atoms with Crippen LogP contribution in [-0.4, -0.2) is 21.7 Å². The van der Waals surface area contributed by atoms with Crippen molar-refractivity contribution in [3.05, 3.63) is 18.1 Å². The van der Waals surface area contributed by atoms with Crippen molar-refractivity contribution in [1.29, 1.82) is 0 Å². The van der Waals surface area contributed by atoms with Gasteiger partial charge in [-0.1, -0.05) is 19.3 Å². The predicted molar refractivity (Wildman–Crippen MR) is 60.0 cm³/mol. The SMILES string of the molecule is OCc1cncc(OCC2CCCCC2)n1. The molecule has 1 saturated carbocycles. The van der Waals surface area contributed by atoms with Gasteiger partial charge in [0, 0.05) is 0 Å². The van der Waals surface area contributed by atoms with Gasteiger partial charge in [0.25, 0.3) is 0 Å². The number of ether oxygens (including phenoxy) is 1. The Labute approximate surface area is 95.7 Å². The van der Waals surface area contributed by atoms with Gasteiger partial charge in [0.2, 0.25) is 5.88 Å². The van der Waals surface area contributed by atoms with Crippen molar-refractivity contribution in [3.63, 3.8) is 0 Å². The van der Waals surface area contributed by atoms with E-state index in [4.69, 9.17) is 9.84 Å². The van der Waals surface area contributed by atoms with Gasteiger partial charge in [0.15, 0.2) is 0 Å². The molecule has 0 bridgehead atoms. The number of aliphatic hydroxyl groups is 1. The van der Waals surface area contributed by atoms with Crippen molar-refractivity contribution in [2.24, 2.45) is 5.92 Å². The molecule has 0 radical (unpaired) electrons. The van der Waals surface area contributed by atoms with Crippen molar-refractivity contribution >= 4 is 0 Å². The van der Waals surface area contributed by atoms with Gasteiger partial charge in [-0.3, -0.25) is 4.98 Å². The quantitative estimate of drug-likeness (QED) is 0.845. The molecule has 0 amide bonds. The fourth-order valence-corrected chi connectivity index (χ4v) is 2.09. The Kier molecular flexibility index (Phi) is 4.10. The summed E-state index contributed by atoms with van der Waals surface area (Å²) in [5.41, 5.74) is 0.557. The minimum Gasteiger partial charge on any atom is -0.476 e. The van der Waals surface area contributed by atoms with Crippen molar-refractivity contribution in [2.75, 3.05) is 6.61 Å². The van der Waals surface area contributed by atoms with Crippen molar-refractivity contribution in [3.8, 4) is 5.88 Å². The van der Waals surface area contributed by atoms with E-state index in [0.29, 0.717) is 17.5 Å². The number of rotatable bonds is 4. The third-order valence-electron chi connectivity index (χ3n) is 3.02. The molecule has 0 unspecified atom stereocenters. The summed E-state index contributed by atoms with van der Waals surface area (Å²) >= 11 is 0. The smallest absolute Gasteiger partial charge is 0.232 e. The lowest BCUT2D eigenvalue weighted by atomic mass is 9.90. The van der Waals surface area contributed by atoms with Crippen molar-refractivity contribution < 1.29 is 9.84 Å². The number of aromatic nitrogens is 2. The van der Waals surface area contributed by atoms with Crippen LogP contribution >= 0.6 is 0 Å². The maximum absolute atomic E-state index is 8.92. The van der Waals surface area contributed by atoms with Crippen LogP contribution in [0.1, 0.15) is 37.8 Å². The Bertz CT molecular complexity index is 325. The van der Waals surface area contributed by atoms with Gasteiger partial charge in [-0.15, -0.1) is 0 Å². The number of nitrogens with zero attached hydrogens (tertiary/aromatic N) is 2. The summed E-state index contributed by atoms with van der Waals surface area (Å²) in [7, 11) is 0. The molecular weight excluding hydrogens is 204 g/mol. The molecule has 0 aromatic carbocycles. The van der Waals surface area contributed by atoms with Crippen LogP contribution in [0.2, 0.25) is 0 Å². The molecule has 1 fully saturated rings. The lowest BCUT2D eigenvalue weighted by Crippen LogP contribution is -2.15. The summed E-state index contributed by atoms with van der Waals surface area (Å²) in [6.45, 7) is 0.636. The highest BCUT2D eigenvalue weighted by atomic mass is 16.5. The van der Waals surface area contributed by atoms with Gasteiger partial charge >= 0.3 is 0 Å². The van der Waals surface area contributed by atoms with Gasteiger partial charge in [-0.2, -0.15) is 0 Å². The first-order chi connectivity index (χ1) is 7.88. The third-order valence-corrected chi connectivity index (χ3v) is 3.02. The van der Waals surface area contributed by atoms with Crippen LogP contribution in [0.5, 0.6) is 5.88 Å². The monoisotopic (exact) mass is 222 g/mol. The first-order valence-electron chi connectivity index (χ1n) is 5.93. The van der Waals surface area contributed by atoms with Crippen LogP contribution in [0.15, 0.2) is 12.4 Å². The highest BCUT2D eigenvalue weighted by molar-refractivity contribution is 5.07. The van der Waals surface area contributed by atoms with Crippen LogP contribution in [0.25, 0.3) is 0 Å². The second-order valence-electron chi connectivity index (χ2n) is 4.32. The molecule has 16 heavy (non-hydrogen) atoms. The zero-order valence-electron chi connectivity index (χ0n) is 9.43. The molecule has 1 aliphatic rings. The average Bonchev–Trinajstić information content (AvgIpc) is 2.38. The zero-order chi connectivity index (χ0) is 11.2. The van der Waals surface area contributed by atoms with E-state index in [9.17, 15) is 0 Å². The molecular formula is C12H18N2O2. The lowest BCUT2D eigenvalue weighted by Gasteiger charge is -2.21. The summed E-state index contributed by atoms with van der Waals surface area (Å²) in [4.78, 5) is 8.11. The van der Waals surface area contributed by atoms with Gasteiger partial charge in [-0.25, -0.2) is 4.98 Å². The number of aliphatic hydroxyl groups excluding tert-OH is 1. The normalized spacial score (nSPS) is 17.3. The summed E-state index contributed by atoms with van der Waals surface area (Å²) in [5, 5.41) is 8.92. The Morgan fingerprint density at radius 3 is 2.81 bits per heavy atom. The molecule has 1 heterocycles. The largest absolute Gasteiger partial charge is 0.476 e. The van der Waals surface area contributed by atoms with Crippen molar-refractivity contribution in [1.82, 2.24) is 9.97 Å². The number of hydrogen-bond acceptors (Lipinski definition) is 4. The minimum absolute atomic E-state index is 0.0897. The van der Waals surface area contributed by atoms with E-state index in [1.807, 2.05) is 0 Å². The maximum atomic E-state index is 8.92. The second kappa shape index (κ2) is 5.80. The molecule has 0 spiro atoms.